The molecule has 0 aliphatic rings. The first-order valence-corrected chi connectivity index (χ1v) is 22.8. The van der Waals surface area contributed by atoms with Gasteiger partial charge in [0.05, 0.1) is 68.6 Å². The third-order valence-corrected chi connectivity index (χ3v) is 12.3. The van der Waals surface area contributed by atoms with Gasteiger partial charge in [-0.05, 0) is 126 Å². The van der Waals surface area contributed by atoms with Gasteiger partial charge >= 0.3 is 0 Å². The Bertz CT molecular complexity index is 2750. The number of pyridine rings is 2. The molecule has 322 valence electrons. The Morgan fingerprint density at radius 2 is 0.688 bits per heavy atom. The monoisotopic (exact) mass is 844 g/mol. The zero-order valence-corrected chi connectivity index (χ0v) is 38.3. The summed E-state index contributed by atoms with van der Waals surface area (Å²) < 4.78 is 15.7. The molecule has 0 radical (unpaired) electrons. The number of hydrogen-bond donors (Lipinski definition) is 0. The minimum absolute atomic E-state index is 0.601. The molecule has 0 N–H and O–H groups in total. The van der Waals surface area contributed by atoms with Crippen molar-refractivity contribution in [2.24, 2.45) is 0 Å². The van der Waals surface area contributed by atoms with Crippen LogP contribution < -0.4 is 9.47 Å². The summed E-state index contributed by atoms with van der Waals surface area (Å²) >= 11 is 0. The lowest BCUT2D eigenvalue weighted by molar-refractivity contribution is -0.870. The van der Waals surface area contributed by atoms with E-state index in [1.165, 1.54) is 65.3 Å². The van der Waals surface area contributed by atoms with Crippen LogP contribution in [0.15, 0.2) is 158 Å². The van der Waals surface area contributed by atoms with Crippen molar-refractivity contribution < 1.29 is 18.4 Å². The van der Waals surface area contributed by atoms with Crippen molar-refractivity contribution in [1.82, 2.24) is 9.97 Å². The SMILES string of the molecule is C[N+](C)(C)CCCCOc1cc(-c2c3ccccc3c(-c3cccnc3)c3ccccc23)c(-c2c3ccccc3c(-c3cccnc3)c3ccccc23)cc1OCCCC[N+](C)(C)C. The predicted molar refractivity (Wildman–Crippen MR) is 269 cm³/mol. The first-order valence-electron chi connectivity index (χ1n) is 22.8. The topological polar surface area (TPSA) is 44.2 Å². The number of nitrogens with zero attached hydrogens (tertiary/aromatic N) is 4. The fraction of sp³-hybridized carbons (Fsp3) is 0.241. The molecule has 0 bridgehead atoms. The maximum Gasteiger partial charge on any atom is 0.161 e. The molecule has 6 nitrogen and oxygen atoms in total. The van der Waals surface area contributed by atoms with E-state index in [0.29, 0.717) is 13.2 Å². The van der Waals surface area contributed by atoms with E-state index < -0.39 is 0 Å². The van der Waals surface area contributed by atoms with Gasteiger partial charge < -0.3 is 18.4 Å². The van der Waals surface area contributed by atoms with Gasteiger partial charge in [-0.1, -0.05) is 109 Å². The van der Waals surface area contributed by atoms with Crippen LogP contribution >= 0.6 is 0 Å². The summed E-state index contributed by atoms with van der Waals surface area (Å²) in [6, 6.07) is 48.5. The van der Waals surface area contributed by atoms with Crippen molar-refractivity contribution in [2.45, 2.75) is 25.7 Å². The van der Waals surface area contributed by atoms with Crippen molar-refractivity contribution in [3.8, 4) is 56.0 Å². The Morgan fingerprint density at radius 1 is 0.375 bits per heavy atom. The number of aromatic nitrogens is 2. The highest BCUT2D eigenvalue weighted by molar-refractivity contribution is 6.26. The maximum atomic E-state index is 6.94. The van der Waals surface area contributed by atoms with Crippen molar-refractivity contribution in [1.29, 1.82) is 0 Å². The molecule has 64 heavy (non-hydrogen) atoms. The molecule has 0 aliphatic carbocycles. The molecule has 2 heterocycles. The van der Waals surface area contributed by atoms with Crippen LogP contribution in [0, 0.1) is 0 Å². The summed E-state index contributed by atoms with van der Waals surface area (Å²) in [6.07, 6.45) is 11.7. The lowest BCUT2D eigenvalue weighted by atomic mass is 9.81. The molecule has 0 fully saturated rings. The Hall–Kier alpha value is -6.60. The fourth-order valence-corrected chi connectivity index (χ4v) is 9.42. The van der Waals surface area contributed by atoms with Crippen molar-refractivity contribution in [2.75, 3.05) is 68.6 Å². The van der Waals surface area contributed by atoms with Gasteiger partial charge in [-0.3, -0.25) is 9.97 Å². The summed E-state index contributed by atoms with van der Waals surface area (Å²) in [7, 11) is 13.5. The lowest BCUT2D eigenvalue weighted by Gasteiger charge is -2.25. The first-order chi connectivity index (χ1) is 31.1. The summed E-state index contributed by atoms with van der Waals surface area (Å²) in [6.45, 7) is 3.37. The third kappa shape index (κ3) is 8.94. The minimum atomic E-state index is 0.601. The van der Waals surface area contributed by atoms with Crippen LogP contribution in [0.25, 0.3) is 87.6 Å². The largest absolute Gasteiger partial charge is 0.490 e. The van der Waals surface area contributed by atoms with Crippen LogP contribution in [0.5, 0.6) is 11.5 Å². The number of ether oxygens (including phenoxy) is 2. The van der Waals surface area contributed by atoms with E-state index in [1.54, 1.807) is 0 Å². The number of unbranched alkanes of at least 4 members (excludes halogenated alkanes) is 2. The van der Waals surface area contributed by atoms with Crippen molar-refractivity contribution in [3.05, 3.63) is 158 Å². The molecular weight excluding hydrogens is 785 g/mol. The highest BCUT2D eigenvalue weighted by Crippen LogP contribution is 2.52. The van der Waals surface area contributed by atoms with Gasteiger partial charge in [0, 0.05) is 35.9 Å². The average Bonchev–Trinajstić information content (AvgIpc) is 3.29. The van der Waals surface area contributed by atoms with Gasteiger partial charge in [-0.25, -0.2) is 0 Å². The Balaban J connectivity index is 1.35. The summed E-state index contributed by atoms with van der Waals surface area (Å²) in [5.74, 6) is 1.56. The Kier molecular flexibility index (Phi) is 12.2. The van der Waals surface area contributed by atoms with Gasteiger partial charge in [0.2, 0.25) is 0 Å². The molecule has 7 aromatic carbocycles. The van der Waals surface area contributed by atoms with Crippen molar-refractivity contribution >= 4 is 43.1 Å². The van der Waals surface area contributed by atoms with Crippen LogP contribution in [-0.2, 0) is 0 Å². The van der Waals surface area contributed by atoms with E-state index in [9.17, 15) is 0 Å². The number of hydrogen-bond acceptors (Lipinski definition) is 4. The maximum absolute atomic E-state index is 6.94. The molecule has 0 spiro atoms. The van der Waals surface area contributed by atoms with E-state index in [1.807, 2.05) is 36.9 Å². The van der Waals surface area contributed by atoms with E-state index in [-0.39, 0.29) is 0 Å². The van der Waals surface area contributed by atoms with Gasteiger partial charge in [0.25, 0.3) is 0 Å². The Labute approximate surface area is 378 Å². The normalized spacial score (nSPS) is 12.1. The number of quaternary nitrogens is 2. The van der Waals surface area contributed by atoms with Crippen LogP contribution in [0.1, 0.15) is 25.7 Å². The molecule has 6 heteroatoms. The zero-order chi connectivity index (χ0) is 44.3. The fourth-order valence-electron chi connectivity index (χ4n) is 9.42. The average molecular weight is 845 g/mol. The second-order valence-electron chi connectivity index (χ2n) is 19.1. The summed E-state index contributed by atoms with van der Waals surface area (Å²) in [5, 5.41) is 9.40. The summed E-state index contributed by atoms with van der Waals surface area (Å²) in [4.78, 5) is 9.17. The number of rotatable bonds is 16. The molecule has 2 aromatic heterocycles. The van der Waals surface area contributed by atoms with Crippen LogP contribution in [-0.4, -0.2) is 87.5 Å². The second-order valence-corrected chi connectivity index (χ2v) is 19.1. The molecule has 0 atom stereocenters. The number of fused-ring (bicyclic) bond motifs is 4. The van der Waals surface area contributed by atoms with Crippen LogP contribution in [0.3, 0.4) is 0 Å². The molecule has 0 unspecified atom stereocenters. The standard InChI is InChI=1S/C58H60N4O2/c1-61(2,3)33-15-17-35-63-53-37-51(57-47-27-11-7-23-43(47)55(41-21-19-31-59-39-41)44-24-8-12-28-48(44)57)52(38-54(53)64-36-18-16-34-62(4,5)6)58-49-29-13-9-25-45(49)56(42-22-20-32-60-40-42)46-26-10-14-30-50(46)58/h7-14,19-32,37-40H,15-18,33-36H2,1-6H3/q+2. The zero-order valence-electron chi connectivity index (χ0n) is 38.3. The lowest BCUT2D eigenvalue weighted by Crippen LogP contribution is -2.35. The van der Waals surface area contributed by atoms with Gasteiger partial charge in [0.1, 0.15) is 0 Å². The molecule has 0 saturated carbocycles. The third-order valence-electron chi connectivity index (χ3n) is 12.3. The van der Waals surface area contributed by atoms with E-state index in [0.717, 1.165) is 81.5 Å². The van der Waals surface area contributed by atoms with Crippen LogP contribution in [0.4, 0.5) is 0 Å². The van der Waals surface area contributed by atoms with Gasteiger partial charge in [-0.2, -0.15) is 0 Å². The molecule has 9 aromatic rings. The molecular formula is C58H60N4O2+2. The van der Waals surface area contributed by atoms with E-state index in [4.69, 9.17) is 9.47 Å². The molecule has 0 saturated heterocycles. The van der Waals surface area contributed by atoms with E-state index >= 15 is 0 Å². The Morgan fingerprint density at radius 3 is 0.969 bits per heavy atom. The highest BCUT2D eigenvalue weighted by atomic mass is 16.5. The molecule has 9 rings (SSSR count). The second kappa shape index (κ2) is 18.2. The number of benzene rings is 7. The predicted octanol–water partition coefficient (Wildman–Crippen LogP) is 13.5. The van der Waals surface area contributed by atoms with Crippen molar-refractivity contribution in [3.63, 3.8) is 0 Å². The highest BCUT2D eigenvalue weighted by Gasteiger charge is 2.25. The van der Waals surface area contributed by atoms with E-state index in [2.05, 4.69) is 174 Å². The minimum Gasteiger partial charge on any atom is -0.490 e. The quantitative estimate of drug-likeness (QED) is 0.0552. The smallest absolute Gasteiger partial charge is 0.161 e. The summed E-state index contributed by atoms with van der Waals surface area (Å²) in [5.41, 5.74) is 9.10. The van der Waals surface area contributed by atoms with Gasteiger partial charge in [0.15, 0.2) is 11.5 Å². The molecule has 0 amide bonds. The van der Waals surface area contributed by atoms with Gasteiger partial charge in [-0.15, -0.1) is 0 Å². The first kappa shape index (κ1) is 42.7. The molecule has 0 aliphatic heterocycles. The van der Waals surface area contributed by atoms with Crippen LogP contribution in [0.2, 0.25) is 0 Å².